The van der Waals surface area contributed by atoms with Gasteiger partial charge in [-0.05, 0) is 54.2 Å². The third kappa shape index (κ3) is 6.35. The minimum Gasteiger partial charge on any atom is -0.493 e. The maximum atomic E-state index is 14.2. The van der Waals surface area contributed by atoms with Gasteiger partial charge in [0.2, 0.25) is 11.7 Å². The Balaban J connectivity index is 1.90. The third-order valence-corrected chi connectivity index (χ3v) is 7.30. The van der Waals surface area contributed by atoms with Crippen molar-refractivity contribution < 1.29 is 23.8 Å². The summed E-state index contributed by atoms with van der Waals surface area (Å²) in [5.41, 5.74) is 2.30. The van der Waals surface area contributed by atoms with Gasteiger partial charge in [0.1, 0.15) is 11.7 Å². The highest BCUT2D eigenvalue weighted by Gasteiger charge is 2.36. The second-order valence-corrected chi connectivity index (χ2v) is 10.2. The highest BCUT2D eigenvalue weighted by atomic mass is 16.5. The van der Waals surface area contributed by atoms with Gasteiger partial charge in [-0.1, -0.05) is 45.2 Å². The van der Waals surface area contributed by atoms with Crippen LogP contribution in [0.2, 0.25) is 0 Å². The van der Waals surface area contributed by atoms with Crippen LogP contribution in [0.15, 0.2) is 55.0 Å². The predicted molar refractivity (Wildman–Crippen MR) is 153 cm³/mol. The van der Waals surface area contributed by atoms with E-state index < -0.39 is 11.9 Å². The second-order valence-electron chi connectivity index (χ2n) is 10.2. The zero-order valence-corrected chi connectivity index (χ0v) is 23.8. The van der Waals surface area contributed by atoms with Crippen molar-refractivity contribution in [2.45, 2.75) is 64.0 Å². The molecule has 1 aliphatic carbocycles. The summed E-state index contributed by atoms with van der Waals surface area (Å²) in [5.74, 6) is 0.713. The summed E-state index contributed by atoms with van der Waals surface area (Å²) in [6.07, 6.45) is 9.43. The summed E-state index contributed by atoms with van der Waals surface area (Å²) in [6, 6.07) is 10.1. The summed E-state index contributed by atoms with van der Waals surface area (Å²) in [7, 11) is 4.56. The Morgan fingerprint density at radius 2 is 1.55 bits per heavy atom. The number of benzene rings is 2. The maximum absolute atomic E-state index is 14.2. The lowest BCUT2D eigenvalue weighted by Gasteiger charge is -2.33. The first kappa shape index (κ1) is 28.9. The van der Waals surface area contributed by atoms with Crippen molar-refractivity contribution in [1.82, 2.24) is 15.3 Å². The lowest BCUT2D eigenvalue weighted by atomic mass is 9.94. The van der Waals surface area contributed by atoms with E-state index in [0.717, 1.165) is 37.7 Å². The van der Waals surface area contributed by atoms with Crippen LogP contribution < -0.4 is 24.4 Å². The standard InChI is InChI=1S/C31H38N4O5/c1-20(2)21-11-13-24(14-12-21)35(31(37)25-19-32-15-16-33-25)28(30(36)34-23-9-7-6-8-10-23)22-17-26(38-3)29(40-5)27(18-22)39-4/h11-20,23,28H,6-10H2,1-5H3,(H,34,36)/t28-/m1/s1. The van der Waals surface area contributed by atoms with Crippen LogP contribution in [0.3, 0.4) is 0 Å². The summed E-state index contributed by atoms with van der Waals surface area (Å²) in [6.45, 7) is 4.21. The number of nitrogens with one attached hydrogen (secondary N) is 1. The number of carbonyl (C=O) groups excluding carboxylic acids is 2. The van der Waals surface area contributed by atoms with E-state index in [1.807, 2.05) is 24.3 Å². The number of hydrogen-bond donors (Lipinski definition) is 1. The molecule has 3 aromatic rings. The SMILES string of the molecule is COc1cc([C@H](C(=O)NC2CCCCC2)N(C(=O)c2cnccn2)c2ccc(C(C)C)cc2)cc(OC)c1OC. The van der Waals surface area contributed by atoms with Crippen LogP contribution in [-0.4, -0.2) is 49.2 Å². The molecule has 40 heavy (non-hydrogen) atoms. The molecule has 212 valence electrons. The number of amides is 2. The van der Waals surface area contributed by atoms with Gasteiger partial charge in [-0.15, -0.1) is 0 Å². The van der Waals surface area contributed by atoms with Crippen LogP contribution in [0.25, 0.3) is 0 Å². The smallest absolute Gasteiger partial charge is 0.279 e. The lowest BCUT2D eigenvalue weighted by molar-refractivity contribution is -0.123. The minimum atomic E-state index is -1.06. The van der Waals surface area contributed by atoms with Crippen molar-refractivity contribution in [1.29, 1.82) is 0 Å². The molecule has 4 rings (SSSR count). The number of ether oxygens (including phenoxy) is 3. The van der Waals surface area contributed by atoms with Gasteiger partial charge < -0.3 is 19.5 Å². The van der Waals surface area contributed by atoms with Crippen molar-refractivity contribution in [3.63, 3.8) is 0 Å². The van der Waals surface area contributed by atoms with E-state index in [-0.39, 0.29) is 17.6 Å². The average molecular weight is 547 g/mol. The number of anilines is 1. The molecular formula is C31H38N4O5. The first-order chi connectivity index (χ1) is 19.4. The molecule has 0 saturated heterocycles. The van der Waals surface area contributed by atoms with Gasteiger partial charge >= 0.3 is 0 Å². The molecule has 1 N–H and O–H groups in total. The molecule has 1 saturated carbocycles. The number of carbonyl (C=O) groups is 2. The van der Waals surface area contributed by atoms with Crippen LogP contribution in [0.4, 0.5) is 5.69 Å². The first-order valence-corrected chi connectivity index (χ1v) is 13.7. The summed E-state index contributed by atoms with van der Waals surface area (Å²) >= 11 is 0. The number of rotatable bonds is 10. The molecule has 1 aromatic heterocycles. The zero-order valence-electron chi connectivity index (χ0n) is 23.8. The van der Waals surface area contributed by atoms with Gasteiger partial charge in [0.15, 0.2) is 11.5 Å². The van der Waals surface area contributed by atoms with Crippen LogP contribution in [-0.2, 0) is 4.79 Å². The normalized spacial score (nSPS) is 14.3. The minimum absolute atomic E-state index is 0.0302. The Labute approximate surface area is 235 Å². The monoisotopic (exact) mass is 546 g/mol. The molecule has 0 spiro atoms. The molecule has 1 heterocycles. The fraction of sp³-hybridized carbons (Fsp3) is 0.419. The van der Waals surface area contributed by atoms with Gasteiger partial charge in [0.25, 0.3) is 5.91 Å². The van der Waals surface area contributed by atoms with E-state index in [1.165, 1.54) is 44.8 Å². The van der Waals surface area contributed by atoms with Crippen molar-refractivity contribution in [3.05, 3.63) is 71.8 Å². The van der Waals surface area contributed by atoms with E-state index in [4.69, 9.17) is 14.2 Å². The van der Waals surface area contributed by atoms with E-state index in [9.17, 15) is 9.59 Å². The van der Waals surface area contributed by atoms with Gasteiger partial charge in [0.05, 0.1) is 27.5 Å². The highest BCUT2D eigenvalue weighted by molar-refractivity contribution is 6.09. The van der Waals surface area contributed by atoms with Crippen molar-refractivity contribution in [2.24, 2.45) is 0 Å². The fourth-order valence-electron chi connectivity index (χ4n) is 5.14. The van der Waals surface area contributed by atoms with E-state index in [0.29, 0.717) is 34.4 Å². The summed E-state index contributed by atoms with van der Waals surface area (Å²) in [4.78, 5) is 38.2. The molecule has 9 heteroatoms. The Kier molecular flexibility index (Phi) is 9.58. The van der Waals surface area contributed by atoms with Crippen LogP contribution >= 0.6 is 0 Å². The molecule has 0 aliphatic heterocycles. The lowest BCUT2D eigenvalue weighted by Crippen LogP contribution is -2.47. The van der Waals surface area contributed by atoms with Crippen LogP contribution in [0.5, 0.6) is 17.2 Å². The van der Waals surface area contributed by atoms with Crippen LogP contribution in [0.1, 0.15) is 79.5 Å². The number of hydrogen-bond acceptors (Lipinski definition) is 7. The van der Waals surface area contributed by atoms with Gasteiger partial charge in [-0.3, -0.25) is 19.5 Å². The first-order valence-electron chi connectivity index (χ1n) is 13.7. The summed E-state index contributed by atoms with van der Waals surface area (Å²) < 4.78 is 16.7. The van der Waals surface area contributed by atoms with Gasteiger partial charge in [-0.25, -0.2) is 4.98 Å². The van der Waals surface area contributed by atoms with Gasteiger partial charge in [-0.2, -0.15) is 0 Å². The maximum Gasteiger partial charge on any atom is 0.279 e. The quantitative estimate of drug-likeness (QED) is 0.360. The fourth-order valence-corrected chi connectivity index (χ4v) is 5.14. The van der Waals surface area contributed by atoms with Crippen molar-refractivity contribution in [2.75, 3.05) is 26.2 Å². The summed E-state index contributed by atoms with van der Waals surface area (Å²) in [5, 5.41) is 3.23. The third-order valence-electron chi connectivity index (χ3n) is 7.30. The predicted octanol–water partition coefficient (Wildman–Crippen LogP) is 5.46. The Bertz CT molecular complexity index is 1270. The van der Waals surface area contributed by atoms with Crippen molar-refractivity contribution in [3.8, 4) is 17.2 Å². The number of aromatic nitrogens is 2. The molecule has 0 bridgehead atoms. The van der Waals surface area contributed by atoms with E-state index in [1.54, 1.807) is 12.1 Å². The molecule has 9 nitrogen and oxygen atoms in total. The number of methoxy groups -OCH3 is 3. The zero-order chi connectivity index (χ0) is 28.6. The molecule has 1 fully saturated rings. The second kappa shape index (κ2) is 13.3. The van der Waals surface area contributed by atoms with E-state index in [2.05, 4.69) is 29.1 Å². The topological polar surface area (TPSA) is 103 Å². The molecule has 1 atom stereocenters. The Morgan fingerprint density at radius 1 is 0.900 bits per heavy atom. The van der Waals surface area contributed by atoms with E-state index >= 15 is 0 Å². The Hall–Kier alpha value is -4.14. The molecular weight excluding hydrogens is 508 g/mol. The van der Waals surface area contributed by atoms with Crippen LogP contribution in [0, 0.1) is 0 Å². The molecule has 2 amide bonds. The van der Waals surface area contributed by atoms with Crippen molar-refractivity contribution >= 4 is 17.5 Å². The molecule has 1 aliphatic rings. The average Bonchev–Trinajstić information content (AvgIpc) is 2.99. The Morgan fingerprint density at radius 3 is 2.08 bits per heavy atom. The van der Waals surface area contributed by atoms with Gasteiger partial charge in [0, 0.05) is 24.1 Å². The highest BCUT2D eigenvalue weighted by Crippen LogP contribution is 2.42. The molecule has 0 unspecified atom stereocenters. The number of nitrogens with zero attached hydrogens (tertiary/aromatic N) is 3. The largest absolute Gasteiger partial charge is 0.493 e. The molecule has 2 aromatic carbocycles. The molecule has 0 radical (unpaired) electrons.